The van der Waals surface area contributed by atoms with E-state index >= 15 is 0 Å². The van der Waals surface area contributed by atoms with Gasteiger partial charge in [0.1, 0.15) is 6.61 Å². The predicted molar refractivity (Wildman–Crippen MR) is 135 cm³/mol. The number of benzene rings is 3. The summed E-state index contributed by atoms with van der Waals surface area (Å²) in [6.07, 6.45) is 0.949. The summed E-state index contributed by atoms with van der Waals surface area (Å²) in [5.74, 6) is 2.22. The van der Waals surface area contributed by atoms with Crippen LogP contribution in [-0.2, 0) is 13.2 Å². The number of rotatable bonds is 12. The Morgan fingerprint density at radius 2 is 1.79 bits per heavy atom. The van der Waals surface area contributed by atoms with Gasteiger partial charge in [-0.2, -0.15) is 4.68 Å². The molecule has 0 aliphatic carbocycles. The number of halogens is 1. The highest BCUT2D eigenvalue weighted by molar-refractivity contribution is 7.99. The van der Waals surface area contributed by atoms with E-state index in [2.05, 4.69) is 20.8 Å². The van der Waals surface area contributed by atoms with Crippen molar-refractivity contribution in [3.63, 3.8) is 0 Å². The number of tetrazole rings is 1. The SMILES string of the molecule is COc1cc(Cl)cc(CNCCCSc2nnnn2-c2ccccc2)c1OCc1ccccc1. The van der Waals surface area contributed by atoms with Crippen LogP contribution < -0.4 is 14.8 Å². The monoisotopic (exact) mass is 495 g/mol. The molecule has 1 N–H and O–H groups in total. The Bertz CT molecular complexity index is 1170. The topological polar surface area (TPSA) is 74.1 Å². The summed E-state index contributed by atoms with van der Waals surface area (Å²) in [4.78, 5) is 0. The molecule has 0 unspecified atom stereocenters. The van der Waals surface area contributed by atoms with Crippen molar-refractivity contribution in [1.82, 2.24) is 25.5 Å². The Morgan fingerprint density at radius 3 is 2.56 bits per heavy atom. The van der Waals surface area contributed by atoms with Gasteiger partial charge in [-0.3, -0.25) is 0 Å². The summed E-state index contributed by atoms with van der Waals surface area (Å²) in [7, 11) is 1.62. The van der Waals surface area contributed by atoms with Gasteiger partial charge in [0, 0.05) is 29.0 Å². The summed E-state index contributed by atoms with van der Waals surface area (Å²) in [5, 5.41) is 16.9. The van der Waals surface area contributed by atoms with Crippen LogP contribution in [-0.4, -0.2) is 39.6 Å². The van der Waals surface area contributed by atoms with E-state index in [4.69, 9.17) is 21.1 Å². The van der Waals surface area contributed by atoms with E-state index in [9.17, 15) is 0 Å². The molecule has 0 fully saturated rings. The number of aromatic nitrogens is 4. The van der Waals surface area contributed by atoms with E-state index in [1.54, 1.807) is 29.6 Å². The summed E-state index contributed by atoms with van der Waals surface area (Å²) in [6.45, 7) is 1.90. The van der Waals surface area contributed by atoms with Crippen molar-refractivity contribution in [2.75, 3.05) is 19.4 Å². The maximum Gasteiger partial charge on any atom is 0.214 e. The van der Waals surface area contributed by atoms with Gasteiger partial charge in [0.2, 0.25) is 5.16 Å². The van der Waals surface area contributed by atoms with Crippen molar-refractivity contribution in [2.45, 2.75) is 24.7 Å². The van der Waals surface area contributed by atoms with Crippen LogP contribution >= 0.6 is 23.4 Å². The third-order valence-corrected chi connectivity index (χ3v) is 6.25. The summed E-state index contributed by atoms with van der Waals surface area (Å²) >= 11 is 7.95. The Morgan fingerprint density at radius 1 is 1.03 bits per heavy atom. The van der Waals surface area contributed by atoms with Crippen LogP contribution in [0, 0.1) is 0 Å². The molecule has 0 saturated heterocycles. The number of methoxy groups -OCH3 is 1. The number of hydrogen-bond donors (Lipinski definition) is 1. The average molecular weight is 496 g/mol. The van der Waals surface area contributed by atoms with Gasteiger partial charge in [-0.15, -0.1) is 5.10 Å². The van der Waals surface area contributed by atoms with E-state index in [0.717, 1.165) is 40.7 Å². The maximum atomic E-state index is 6.32. The van der Waals surface area contributed by atoms with Crippen molar-refractivity contribution >= 4 is 23.4 Å². The lowest BCUT2D eigenvalue weighted by atomic mass is 10.1. The van der Waals surface area contributed by atoms with Gasteiger partial charge >= 0.3 is 0 Å². The number of thioether (sulfide) groups is 1. The highest BCUT2D eigenvalue weighted by Crippen LogP contribution is 2.35. The second-order valence-electron chi connectivity index (χ2n) is 7.46. The van der Waals surface area contributed by atoms with Crippen molar-refractivity contribution in [2.24, 2.45) is 0 Å². The molecule has 0 aliphatic rings. The lowest BCUT2D eigenvalue weighted by Gasteiger charge is -2.16. The van der Waals surface area contributed by atoms with Crippen LogP contribution in [0.2, 0.25) is 5.02 Å². The van der Waals surface area contributed by atoms with Gasteiger partial charge < -0.3 is 14.8 Å². The number of para-hydroxylation sites is 1. The normalized spacial score (nSPS) is 10.9. The van der Waals surface area contributed by atoms with E-state index < -0.39 is 0 Å². The average Bonchev–Trinajstić information content (AvgIpc) is 3.35. The molecule has 176 valence electrons. The predicted octanol–water partition coefficient (Wildman–Crippen LogP) is 5.18. The number of ether oxygens (including phenoxy) is 2. The highest BCUT2D eigenvalue weighted by Gasteiger charge is 2.13. The molecule has 1 aromatic heterocycles. The van der Waals surface area contributed by atoms with Crippen LogP contribution in [0.1, 0.15) is 17.5 Å². The van der Waals surface area contributed by atoms with Crippen molar-refractivity contribution < 1.29 is 9.47 Å². The molecule has 0 amide bonds. The van der Waals surface area contributed by atoms with Gasteiger partial charge in [-0.05, 0) is 47.2 Å². The zero-order chi connectivity index (χ0) is 23.6. The first-order valence-corrected chi connectivity index (χ1v) is 12.3. The fourth-order valence-corrected chi connectivity index (χ4v) is 4.44. The standard InChI is InChI=1S/C25H26ClN5O2S/c1-32-23-16-21(26)15-20(24(23)33-18-19-9-4-2-5-10-19)17-27-13-8-14-34-25-28-29-30-31(25)22-11-6-3-7-12-22/h2-7,9-12,15-16,27H,8,13-14,17-18H2,1H3. The Hall–Kier alpha value is -3.07. The van der Waals surface area contributed by atoms with Gasteiger partial charge in [-0.1, -0.05) is 71.9 Å². The van der Waals surface area contributed by atoms with E-state index in [1.165, 1.54) is 0 Å². The molecule has 0 saturated carbocycles. The summed E-state index contributed by atoms with van der Waals surface area (Å²) in [6, 6.07) is 23.6. The minimum atomic E-state index is 0.457. The Kier molecular flexibility index (Phi) is 8.78. The lowest BCUT2D eigenvalue weighted by molar-refractivity contribution is 0.280. The first-order valence-electron chi connectivity index (χ1n) is 10.9. The quantitative estimate of drug-likeness (QED) is 0.214. The fraction of sp³-hybridized carbons (Fsp3) is 0.240. The molecular weight excluding hydrogens is 470 g/mol. The summed E-state index contributed by atoms with van der Waals surface area (Å²) in [5.41, 5.74) is 3.00. The first kappa shape index (κ1) is 24.1. The fourth-order valence-electron chi connectivity index (χ4n) is 3.38. The maximum absolute atomic E-state index is 6.32. The molecule has 3 aromatic carbocycles. The van der Waals surface area contributed by atoms with Crippen LogP contribution in [0.25, 0.3) is 5.69 Å². The van der Waals surface area contributed by atoms with Crippen molar-refractivity contribution in [3.8, 4) is 17.2 Å². The number of nitrogens with zero attached hydrogens (tertiary/aromatic N) is 4. The summed E-state index contributed by atoms with van der Waals surface area (Å²) < 4.78 is 13.4. The van der Waals surface area contributed by atoms with E-state index in [-0.39, 0.29) is 0 Å². The zero-order valence-electron chi connectivity index (χ0n) is 18.9. The zero-order valence-corrected chi connectivity index (χ0v) is 20.4. The molecule has 0 atom stereocenters. The van der Waals surface area contributed by atoms with Crippen LogP contribution in [0.4, 0.5) is 0 Å². The van der Waals surface area contributed by atoms with E-state index in [0.29, 0.717) is 29.7 Å². The van der Waals surface area contributed by atoms with Gasteiger partial charge in [0.05, 0.1) is 12.8 Å². The van der Waals surface area contributed by atoms with Crippen LogP contribution in [0.15, 0.2) is 78.0 Å². The van der Waals surface area contributed by atoms with Gasteiger partial charge in [0.25, 0.3) is 0 Å². The largest absolute Gasteiger partial charge is 0.493 e. The van der Waals surface area contributed by atoms with Gasteiger partial charge in [0.15, 0.2) is 11.5 Å². The number of hydrogen-bond acceptors (Lipinski definition) is 7. The third kappa shape index (κ3) is 6.50. The molecule has 0 spiro atoms. The van der Waals surface area contributed by atoms with Crippen LogP contribution in [0.5, 0.6) is 11.5 Å². The lowest BCUT2D eigenvalue weighted by Crippen LogP contribution is -2.16. The highest BCUT2D eigenvalue weighted by atomic mass is 35.5. The van der Waals surface area contributed by atoms with Gasteiger partial charge in [-0.25, -0.2) is 0 Å². The molecule has 4 aromatic rings. The smallest absolute Gasteiger partial charge is 0.214 e. The number of nitrogens with one attached hydrogen (secondary N) is 1. The molecule has 1 heterocycles. The third-order valence-electron chi connectivity index (χ3n) is 5.03. The molecule has 0 radical (unpaired) electrons. The molecular formula is C25H26ClN5O2S. The molecule has 9 heteroatoms. The molecule has 7 nitrogen and oxygen atoms in total. The van der Waals surface area contributed by atoms with Crippen molar-refractivity contribution in [3.05, 3.63) is 88.9 Å². The first-order chi connectivity index (χ1) is 16.7. The second kappa shape index (κ2) is 12.4. The van der Waals surface area contributed by atoms with E-state index in [1.807, 2.05) is 66.7 Å². The molecule has 0 aliphatic heterocycles. The molecule has 34 heavy (non-hydrogen) atoms. The minimum Gasteiger partial charge on any atom is -0.493 e. The Balaban J connectivity index is 1.29. The van der Waals surface area contributed by atoms with Crippen molar-refractivity contribution in [1.29, 1.82) is 0 Å². The Labute approximate surface area is 208 Å². The minimum absolute atomic E-state index is 0.457. The molecule has 0 bridgehead atoms. The molecule has 4 rings (SSSR count). The van der Waals surface area contributed by atoms with Crippen LogP contribution in [0.3, 0.4) is 0 Å². The second-order valence-corrected chi connectivity index (χ2v) is 8.96.